The summed E-state index contributed by atoms with van der Waals surface area (Å²) in [6, 6.07) is 5.02. The fourth-order valence-electron chi connectivity index (χ4n) is 1.41. The maximum Gasteiger partial charge on any atom is 0.289 e. The topological polar surface area (TPSA) is 101 Å². The van der Waals surface area contributed by atoms with Gasteiger partial charge in [-0.2, -0.15) is 4.31 Å². The van der Waals surface area contributed by atoms with E-state index < -0.39 is 31.4 Å². The van der Waals surface area contributed by atoms with Crippen molar-refractivity contribution < 1.29 is 18.1 Å². The third-order valence-corrected chi connectivity index (χ3v) is 4.46. The molecular weight excluding hydrogens is 286 g/mol. The van der Waals surface area contributed by atoms with Gasteiger partial charge in [-0.15, -0.1) is 0 Å². The summed E-state index contributed by atoms with van der Waals surface area (Å²) in [6.07, 6.45) is 0. The summed E-state index contributed by atoms with van der Waals surface area (Å²) in [5, 5.41) is 10.9. The number of benzene rings is 1. The second-order valence-electron chi connectivity index (χ2n) is 4.27. The van der Waals surface area contributed by atoms with E-state index in [9.17, 15) is 23.3 Å². The first kappa shape index (κ1) is 16.1. The molecule has 0 spiro atoms. The monoisotopic (exact) mass is 301 g/mol. The number of nitrogens with zero attached hydrogens (tertiary/aromatic N) is 3. The number of nitro groups is 1. The van der Waals surface area contributed by atoms with Crippen LogP contribution in [0.4, 0.5) is 5.69 Å². The minimum absolute atomic E-state index is 0.388. The molecule has 0 unspecified atom stereocenters. The highest BCUT2D eigenvalue weighted by Gasteiger charge is 2.30. The highest BCUT2D eigenvalue weighted by atomic mass is 32.2. The van der Waals surface area contributed by atoms with Crippen LogP contribution in [0.3, 0.4) is 0 Å². The predicted molar refractivity (Wildman–Crippen MR) is 71.6 cm³/mol. The molecule has 0 saturated heterocycles. The average molecular weight is 301 g/mol. The second-order valence-corrected chi connectivity index (χ2v) is 6.29. The van der Waals surface area contributed by atoms with Crippen molar-refractivity contribution in [1.29, 1.82) is 0 Å². The zero-order chi connectivity index (χ0) is 15.5. The Labute approximate surface area is 116 Å². The molecule has 0 aliphatic rings. The first-order valence-electron chi connectivity index (χ1n) is 5.58. The number of carbonyl (C=O) groups is 1. The first-order valence-corrected chi connectivity index (χ1v) is 7.02. The van der Waals surface area contributed by atoms with Crippen molar-refractivity contribution >= 4 is 21.6 Å². The number of likely N-dealkylation sites (N-methyl/N-ethyl adjacent to an activating group) is 2. The molecule has 0 aliphatic heterocycles. The molecule has 0 atom stereocenters. The van der Waals surface area contributed by atoms with Crippen LogP contribution >= 0.6 is 0 Å². The largest absolute Gasteiger partial charge is 0.348 e. The maximum atomic E-state index is 12.3. The number of amides is 1. The van der Waals surface area contributed by atoms with Crippen LogP contribution in [-0.2, 0) is 14.8 Å². The SMILES string of the molecule is CN(C)C(=O)CN(C)S(=O)(=O)c1ccccc1[N+](=O)[O-]. The third-order valence-electron chi connectivity index (χ3n) is 2.61. The van der Waals surface area contributed by atoms with Crippen molar-refractivity contribution in [1.82, 2.24) is 9.21 Å². The normalized spacial score (nSPS) is 11.4. The number of carbonyl (C=O) groups excluding carboxylic acids is 1. The molecule has 0 aromatic heterocycles. The van der Waals surface area contributed by atoms with E-state index in [4.69, 9.17) is 0 Å². The van der Waals surface area contributed by atoms with Crippen molar-refractivity contribution in [3.05, 3.63) is 34.4 Å². The Hall–Kier alpha value is -2.00. The summed E-state index contributed by atoms with van der Waals surface area (Å²) in [5.41, 5.74) is -0.517. The van der Waals surface area contributed by atoms with Gasteiger partial charge in [0.25, 0.3) is 5.69 Å². The molecule has 0 saturated carbocycles. The zero-order valence-corrected chi connectivity index (χ0v) is 12.1. The number of hydrogen-bond acceptors (Lipinski definition) is 5. The molecule has 110 valence electrons. The van der Waals surface area contributed by atoms with E-state index in [-0.39, 0.29) is 6.54 Å². The van der Waals surface area contributed by atoms with Crippen molar-refractivity contribution in [3.8, 4) is 0 Å². The van der Waals surface area contributed by atoms with Crippen molar-refractivity contribution in [2.45, 2.75) is 4.90 Å². The predicted octanol–water partition coefficient (Wildman–Crippen LogP) is 0.304. The van der Waals surface area contributed by atoms with E-state index in [1.54, 1.807) is 0 Å². The number of nitro benzene ring substituents is 1. The standard InChI is InChI=1S/C11H15N3O5S/c1-12(2)11(15)8-13(3)20(18,19)10-7-5-4-6-9(10)14(16)17/h4-7H,8H2,1-3H3. The minimum Gasteiger partial charge on any atom is -0.348 e. The number of rotatable bonds is 5. The summed E-state index contributed by atoms with van der Waals surface area (Å²) in [7, 11) is 0.0904. The van der Waals surface area contributed by atoms with Crippen LogP contribution in [0, 0.1) is 10.1 Å². The Kier molecular flexibility index (Phi) is 4.79. The van der Waals surface area contributed by atoms with Crippen LogP contribution in [0.1, 0.15) is 0 Å². The molecule has 0 heterocycles. The minimum atomic E-state index is -4.10. The fourth-order valence-corrected chi connectivity index (χ4v) is 2.68. The lowest BCUT2D eigenvalue weighted by Gasteiger charge is -2.18. The summed E-state index contributed by atoms with van der Waals surface area (Å²) in [4.78, 5) is 22.4. The lowest BCUT2D eigenvalue weighted by atomic mass is 10.3. The van der Waals surface area contributed by atoms with Gasteiger partial charge in [0.1, 0.15) is 0 Å². The smallest absolute Gasteiger partial charge is 0.289 e. The number of para-hydroxylation sites is 1. The Morgan fingerprint density at radius 1 is 1.25 bits per heavy atom. The molecule has 1 aromatic rings. The van der Waals surface area contributed by atoms with Crippen LogP contribution in [0.5, 0.6) is 0 Å². The average Bonchev–Trinajstić information content (AvgIpc) is 2.38. The summed E-state index contributed by atoms with van der Waals surface area (Å²) >= 11 is 0. The van der Waals surface area contributed by atoms with Gasteiger partial charge in [0, 0.05) is 27.2 Å². The van der Waals surface area contributed by atoms with Gasteiger partial charge in [0.05, 0.1) is 11.5 Å². The number of hydrogen-bond donors (Lipinski definition) is 0. The molecule has 0 radical (unpaired) electrons. The van der Waals surface area contributed by atoms with Gasteiger partial charge >= 0.3 is 0 Å². The van der Waals surface area contributed by atoms with E-state index >= 15 is 0 Å². The van der Waals surface area contributed by atoms with Crippen molar-refractivity contribution in [2.75, 3.05) is 27.7 Å². The molecule has 0 aliphatic carbocycles. The van der Waals surface area contributed by atoms with Crippen LogP contribution in [0.25, 0.3) is 0 Å². The van der Waals surface area contributed by atoms with Gasteiger partial charge in [0.2, 0.25) is 15.9 Å². The Bertz CT molecular complexity index is 627. The van der Waals surface area contributed by atoms with E-state index in [1.807, 2.05) is 0 Å². The number of sulfonamides is 1. The lowest BCUT2D eigenvalue weighted by molar-refractivity contribution is -0.387. The lowest BCUT2D eigenvalue weighted by Crippen LogP contribution is -2.37. The van der Waals surface area contributed by atoms with E-state index in [1.165, 1.54) is 38.2 Å². The zero-order valence-electron chi connectivity index (χ0n) is 11.3. The van der Waals surface area contributed by atoms with Gasteiger partial charge < -0.3 is 4.90 Å². The molecule has 0 fully saturated rings. The Morgan fingerprint density at radius 3 is 2.30 bits per heavy atom. The molecule has 0 bridgehead atoms. The van der Waals surface area contributed by atoms with Gasteiger partial charge in [-0.25, -0.2) is 8.42 Å². The van der Waals surface area contributed by atoms with E-state index in [0.29, 0.717) is 0 Å². The summed E-state index contributed by atoms with van der Waals surface area (Å²) in [6.45, 7) is -0.388. The van der Waals surface area contributed by atoms with Gasteiger partial charge in [-0.05, 0) is 6.07 Å². The molecule has 1 aromatic carbocycles. The molecule has 1 amide bonds. The summed E-state index contributed by atoms with van der Waals surface area (Å²) < 4.78 is 25.3. The van der Waals surface area contributed by atoms with Crippen LogP contribution < -0.4 is 0 Å². The molecule has 20 heavy (non-hydrogen) atoms. The van der Waals surface area contributed by atoms with Crippen molar-refractivity contribution in [3.63, 3.8) is 0 Å². The Morgan fingerprint density at radius 2 is 1.80 bits per heavy atom. The van der Waals surface area contributed by atoms with E-state index in [0.717, 1.165) is 16.4 Å². The molecule has 1 rings (SSSR count). The van der Waals surface area contributed by atoms with Crippen LogP contribution in [0.2, 0.25) is 0 Å². The second kappa shape index (κ2) is 5.97. The highest BCUT2D eigenvalue weighted by molar-refractivity contribution is 7.89. The van der Waals surface area contributed by atoms with Gasteiger partial charge in [-0.1, -0.05) is 12.1 Å². The third kappa shape index (κ3) is 3.31. The van der Waals surface area contributed by atoms with Crippen LogP contribution in [-0.4, -0.2) is 56.1 Å². The fraction of sp³-hybridized carbons (Fsp3) is 0.364. The molecule has 0 N–H and O–H groups in total. The maximum absolute atomic E-state index is 12.3. The Balaban J connectivity index is 3.17. The van der Waals surface area contributed by atoms with Gasteiger partial charge in [0.15, 0.2) is 4.90 Å². The quantitative estimate of drug-likeness (QED) is 0.575. The van der Waals surface area contributed by atoms with E-state index in [2.05, 4.69) is 0 Å². The van der Waals surface area contributed by atoms with Gasteiger partial charge in [-0.3, -0.25) is 14.9 Å². The molecule has 9 heteroatoms. The van der Waals surface area contributed by atoms with Crippen LogP contribution in [0.15, 0.2) is 29.2 Å². The van der Waals surface area contributed by atoms with Crippen molar-refractivity contribution in [2.24, 2.45) is 0 Å². The molecular formula is C11H15N3O5S. The summed E-state index contributed by atoms with van der Waals surface area (Å²) in [5.74, 6) is -0.422. The molecule has 8 nitrogen and oxygen atoms in total. The highest BCUT2D eigenvalue weighted by Crippen LogP contribution is 2.25. The first-order chi connectivity index (χ1) is 9.17.